The first-order valence-electron chi connectivity index (χ1n) is 8.67. The van der Waals surface area contributed by atoms with Gasteiger partial charge in [-0.2, -0.15) is 5.10 Å². The molecular formula is C21H22FN5. The van der Waals surface area contributed by atoms with Crippen LogP contribution in [0.2, 0.25) is 0 Å². The summed E-state index contributed by atoms with van der Waals surface area (Å²) < 4.78 is 14.0. The maximum absolute atomic E-state index is 14.0. The van der Waals surface area contributed by atoms with E-state index in [0.29, 0.717) is 29.3 Å². The van der Waals surface area contributed by atoms with Crippen molar-refractivity contribution >= 4 is 17.7 Å². The zero-order valence-electron chi connectivity index (χ0n) is 15.6. The molecule has 0 radical (unpaired) electrons. The number of hydrazone groups is 1. The molecule has 1 aromatic heterocycles. The highest BCUT2D eigenvalue weighted by atomic mass is 19.1. The quantitative estimate of drug-likeness (QED) is 0.524. The van der Waals surface area contributed by atoms with Crippen molar-refractivity contribution in [2.24, 2.45) is 5.10 Å². The molecule has 27 heavy (non-hydrogen) atoms. The molecule has 5 nitrogen and oxygen atoms in total. The van der Waals surface area contributed by atoms with Crippen molar-refractivity contribution in [1.82, 2.24) is 9.97 Å². The molecule has 0 aliphatic carbocycles. The van der Waals surface area contributed by atoms with Crippen LogP contribution in [-0.4, -0.2) is 30.3 Å². The van der Waals surface area contributed by atoms with Crippen LogP contribution in [0.3, 0.4) is 0 Å². The lowest BCUT2D eigenvalue weighted by Gasteiger charge is -2.12. The topological polar surface area (TPSA) is 53.4 Å². The summed E-state index contributed by atoms with van der Waals surface area (Å²) in [6.45, 7) is 1.77. The van der Waals surface area contributed by atoms with Crippen LogP contribution < -0.4 is 10.3 Å². The molecule has 138 valence electrons. The monoisotopic (exact) mass is 363 g/mol. The van der Waals surface area contributed by atoms with Crippen molar-refractivity contribution < 1.29 is 4.39 Å². The first kappa shape index (κ1) is 18.5. The van der Waals surface area contributed by atoms with E-state index in [1.807, 2.05) is 14.1 Å². The predicted octanol–water partition coefficient (Wildman–Crippen LogP) is 4.30. The molecule has 1 heterocycles. The third-order valence-corrected chi connectivity index (χ3v) is 4.04. The average Bonchev–Trinajstić information content (AvgIpc) is 2.65. The Labute approximate surface area is 158 Å². The average molecular weight is 363 g/mol. The van der Waals surface area contributed by atoms with E-state index in [4.69, 9.17) is 0 Å². The SMILES string of the molecule is Cc1nc(NN=CCc2ccc(N(C)C)cc2)cc(-c2ccccc2F)n1. The molecule has 0 aliphatic heterocycles. The van der Waals surface area contributed by atoms with Gasteiger partial charge in [-0.1, -0.05) is 24.3 Å². The zero-order valence-corrected chi connectivity index (χ0v) is 15.6. The van der Waals surface area contributed by atoms with E-state index in [1.54, 1.807) is 37.4 Å². The fraction of sp³-hybridized carbons (Fsp3) is 0.190. The van der Waals surface area contributed by atoms with Gasteiger partial charge in [0.1, 0.15) is 17.5 Å². The Kier molecular flexibility index (Phi) is 5.76. The van der Waals surface area contributed by atoms with Gasteiger partial charge in [-0.25, -0.2) is 14.4 Å². The number of nitrogens with zero attached hydrogens (tertiary/aromatic N) is 4. The second-order valence-electron chi connectivity index (χ2n) is 6.35. The minimum absolute atomic E-state index is 0.314. The summed E-state index contributed by atoms with van der Waals surface area (Å²) in [6, 6.07) is 16.5. The molecule has 0 atom stereocenters. The van der Waals surface area contributed by atoms with Crippen LogP contribution >= 0.6 is 0 Å². The molecule has 0 unspecified atom stereocenters. The smallest absolute Gasteiger partial charge is 0.150 e. The number of anilines is 2. The van der Waals surface area contributed by atoms with Crippen LogP contribution in [0.25, 0.3) is 11.3 Å². The largest absolute Gasteiger partial charge is 0.378 e. The number of rotatable bonds is 6. The van der Waals surface area contributed by atoms with Gasteiger partial charge in [-0.15, -0.1) is 0 Å². The van der Waals surface area contributed by atoms with Crippen molar-refractivity contribution in [3.63, 3.8) is 0 Å². The molecule has 0 bridgehead atoms. The van der Waals surface area contributed by atoms with Crippen molar-refractivity contribution in [3.8, 4) is 11.3 Å². The third kappa shape index (κ3) is 4.88. The Morgan fingerprint density at radius 1 is 1.07 bits per heavy atom. The second-order valence-corrected chi connectivity index (χ2v) is 6.35. The van der Waals surface area contributed by atoms with Gasteiger partial charge in [0, 0.05) is 44.0 Å². The summed E-state index contributed by atoms with van der Waals surface area (Å²) in [7, 11) is 4.03. The normalized spacial score (nSPS) is 11.0. The van der Waals surface area contributed by atoms with Gasteiger partial charge in [0.25, 0.3) is 0 Å². The maximum atomic E-state index is 14.0. The van der Waals surface area contributed by atoms with E-state index in [-0.39, 0.29) is 5.82 Å². The Morgan fingerprint density at radius 2 is 1.81 bits per heavy atom. The molecule has 0 spiro atoms. The second kappa shape index (κ2) is 8.40. The van der Waals surface area contributed by atoms with Crippen LogP contribution in [-0.2, 0) is 6.42 Å². The molecule has 0 aliphatic rings. The highest BCUT2D eigenvalue weighted by Gasteiger charge is 2.08. The van der Waals surface area contributed by atoms with E-state index < -0.39 is 0 Å². The molecule has 1 N–H and O–H groups in total. The van der Waals surface area contributed by atoms with Crippen molar-refractivity contribution in [1.29, 1.82) is 0 Å². The van der Waals surface area contributed by atoms with Crippen LogP contribution in [0.5, 0.6) is 0 Å². The molecule has 2 aromatic carbocycles. The lowest BCUT2D eigenvalue weighted by molar-refractivity contribution is 0.630. The standard InChI is InChI=1S/C21H22FN5/c1-15-24-20(18-6-4-5-7-19(18)22)14-21(25-15)26-23-13-12-16-8-10-17(11-9-16)27(2)3/h4-11,13-14H,12H2,1-3H3,(H,24,25,26). The molecule has 0 amide bonds. The summed E-state index contributed by atoms with van der Waals surface area (Å²) in [5.41, 5.74) is 6.19. The first-order valence-corrected chi connectivity index (χ1v) is 8.67. The van der Waals surface area contributed by atoms with E-state index in [0.717, 1.165) is 11.3 Å². The highest BCUT2D eigenvalue weighted by molar-refractivity contribution is 5.65. The number of halogens is 1. The Balaban J connectivity index is 1.67. The third-order valence-electron chi connectivity index (χ3n) is 4.04. The number of aromatic nitrogens is 2. The fourth-order valence-electron chi connectivity index (χ4n) is 2.62. The molecule has 0 saturated heterocycles. The van der Waals surface area contributed by atoms with E-state index in [2.05, 4.69) is 49.7 Å². The van der Waals surface area contributed by atoms with E-state index in [9.17, 15) is 4.39 Å². The fourth-order valence-corrected chi connectivity index (χ4v) is 2.62. The van der Waals surface area contributed by atoms with Gasteiger partial charge in [0.2, 0.25) is 0 Å². The summed E-state index contributed by atoms with van der Waals surface area (Å²) >= 11 is 0. The van der Waals surface area contributed by atoms with Gasteiger partial charge in [-0.3, -0.25) is 5.43 Å². The number of benzene rings is 2. The summed E-state index contributed by atoms with van der Waals surface area (Å²) in [5, 5.41) is 4.22. The maximum Gasteiger partial charge on any atom is 0.150 e. The molecule has 0 fully saturated rings. The van der Waals surface area contributed by atoms with Crippen molar-refractivity contribution in [2.45, 2.75) is 13.3 Å². The Hall–Kier alpha value is -3.28. The summed E-state index contributed by atoms with van der Waals surface area (Å²) in [5.74, 6) is 0.763. The van der Waals surface area contributed by atoms with Gasteiger partial charge in [0.15, 0.2) is 0 Å². The van der Waals surface area contributed by atoms with Gasteiger partial charge in [-0.05, 0) is 36.8 Å². The van der Waals surface area contributed by atoms with Gasteiger partial charge in [0.05, 0.1) is 5.69 Å². The number of hydrogen-bond donors (Lipinski definition) is 1. The van der Waals surface area contributed by atoms with E-state index >= 15 is 0 Å². The molecular weight excluding hydrogens is 341 g/mol. The Bertz CT molecular complexity index is 936. The van der Waals surface area contributed by atoms with Crippen LogP contribution in [0, 0.1) is 12.7 Å². The molecule has 0 saturated carbocycles. The summed E-state index contributed by atoms with van der Waals surface area (Å²) in [6.07, 6.45) is 2.48. The lowest BCUT2D eigenvalue weighted by Crippen LogP contribution is -2.08. The molecule has 3 aromatic rings. The van der Waals surface area contributed by atoms with Gasteiger partial charge >= 0.3 is 0 Å². The zero-order chi connectivity index (χ0) is 19.2. The predicted molar refractivity (Wildman–Crippen MR) is 109 cm³/mol. The molecule has 3 rings (SSSR count). The summed E-state index contributed by atoms with van der Waals surface area (Å²) in [4.78, 5) is 10.7. The van der Waals surface area contributed by atoms with E-state index in [1.165, 1.54) is 6.07 Å². The van der Waals surface area contributed by atoms with Crippen LogP contribution in [0.15, 0.2) is 59.7 Å². The number of aryl methyl sites for hydroxylation is 1. The van der Waals surface area contributed by atoms with Gasteiger partial charge < -0.3 is 4.90 Å². The van der Waals surface area contributed by atoms with Crippen molar-refractivity contribution in [3.05, 3.63) is 71.8 Å². The number of hydrogen-bond acceptors (Lipinski definition) is 5. The molecule has 6 heteroatoms. The number of nitrogens with one attached hydrogen (secondary N) is 1. The van der Waals surface area contributed by atoms with Crippen LogP contribution in [0.1, 0.15) is 11.4 Å². The van der Waals surface area contributed by atoms with Crippen molar-refractivity contribution in [2.75, 3.05) is 24.4 Å². The Morgan fingerprint density at radius 3 is 2.52 bits per heavy atom. The minimum atomic E-state index is -0.314. The lowest BCUT2D eigenvalue weighted by atomic mass is 10.1. The highest BCUT2D eigenvalue weighted by Crippen LogP contribution is 2.22. The minimum Gasteiger partial charge on any atom is -0.378 e. The first-order chi connectivity index (χ1) is 13.0. The van der Waals surface area contributed by atoms with Crippen LogP contribution in [0.4, 0.5) is 15.9 Å².